The van der Waals surface area contributed by atoms with Crippen LogP contribution in [0, 0.1) is 5.92 Å². The first-order valence-corrected chi connectivity index (χ1v) is 14.9. The second-order valence-corrected chi connectivity index (χ2v) is 11.2. The number of pyridine rings is 1. The van der Waals surface area contributed by atoms with Crippen LogP contribution >= 0.6 is 0 Å². The van der Waals surface area contributed by atoms with Crippen LogP contribution in [0.1, 0.15) is 81.9 Å². The van der Waals surface area contributed by atoms with E-state index >= 15 is 0 Å². The third-order valence-electron chi connectivity index (χ3n) is 8.66. The lowest BCUT2D eigenvalue weighted by atomic mass is 9.78. The highest BCUT2D eigenvalue weighted by atomic mass is 15.0. The number of benzene rings is 1. The van der Waals surface area contributed by atoms with Crippen molar-refractivity contribution in [3.05, 3.63) is 71.1 Å². The highest BCUT2D eigenvalue weighted by Gasteiger charge is 2.33. The molecule has 0 bridgehead atoms. The molecule has 0 saturated heterocycles. The Kier molecular flexibility index (Phi) is 7.71. The summed E-state index contributed by atoms with van der Waals surface area (Å²) in [4.78, 5) is 10.2. The van der Waals surface area contributed by atoms with Gasteiger partial charge in [-0.15, -0.1) is 0 Å². The maximum atomic E-state index is 5.21. The number of fused-ring (bicyclic) bond motifs is 3. The largest absolute Gasteiger partial charge is 0.384 e. The van der Waals surface area contributed by atoms with Crippen molar-refractivity contribution in [2.24, 2.45) is 10.9 Å². The standard InChI is InChI=1S/C33H42N4/c1(2-12-22-34-32-24-14-4-8-18-28(24)36-29-19-9-5-15-25(29)32)3-13-23-35-33-26-16-6-10-20-30(26)37-31-21-11-7-17-27(31)33/h4,6,8,10,14,16,18,20,24,28,36H,1-3,5,7,9,11-13,15,17,19,21-23H2,(H,35,37). The van der Waals surface area contributed by atoms with E-state index < -0.39 is 0 Å². The Labute approximate surface area is 222 Å². The van der Waals surface area contributed by atoms with Crippen molar-refractivity contribution in [1.29, 1.82) is 0 Å². The summed E-state index contributed by atoms with van der Waals surface area (Å²) in [5.41, 5.74) is 9.69. The molecule has 0 amide bonds. The number of unbranched alkanes of at least 4 members (excludes halogenated alkanes) is 4. The van der Waals surface area contributed by atoms with E-state index in [-0.39, 0.29) is 0 Å². The number of aliphatic imine (C=N–C) groups is 1. The summed E-state index contributed by atoms with van der Waals surface area (Å²) in [7, 11) is 0. The third kappa shape index (κ3) is 5.39. The Morgan fingerprint density at radius 2 is 1.68 bits per heavy atom. The number of aryl methyl sites for hydroxylation is 1. The number of anilines is 1. The summed E-state index contributed by atoms with van der Waals surface area (Å²) >= 11 is 0. The molecule has 0 saturated carbocycles. The first-order valence-electron chi connectivity index (χ1n) is 14.9. The number of aromatic nitrogens is 1. The van der Waals surface area contributed by atoms with Crippen molar-refractivity contribution in [1.82, 2.24) is 10.3 Å². The smallest absolute Gasteiger partial charge is 0.0726 e. The molecule has 2 aromatic rings. The fraction of sp³-hybridized carbons (Fsp3) is 0.515. The Morgan fingerprint density at radius 3 is 2.68 bits per heavy atom. The van der Waals surface area contributed by atoms with Crippen molar-refractivity contribution >= 4 is 22.3 Å². The maximum absolute atomic E-state index is 5.21. The van der Waals surface area contributed by atoms with Crippen LogP contribution in [0.2, 0.25) is 0 Å². The van der Waals surface area contributed by atoms with E-state index in [1.165, 1.54) is 116 Å². The molecule has 2 N–H and O–H groups in total. The number of nitrogens with one attached hydrogen (secondary N) is 2. The van der Waals surface area contributed by atoms with Crippen molar-refractivity contribution in [2.45, 2.75) is 89.5 Å². The summed E-state index contributed by atoms with van der Waals surface area (Å²) in [6, 6.07) is 9.05. The third-order valence-corrected chi connectivity index (χ3v) is 8.66. The number of nitrogens with zero attached hydrogens (tertiary/aromatic N) is 2. The maximum Gasteiger partial charge on any atom is 0.0726 e. The molecule has 0 spiro atoms. The zero-order valence-electron chi connectivity index (χ0n) is 22.3. The van der Waals surface area contributed by atoms with Gasteiger partial charge in [-0.25, -0.2) is 0 Å². The van der Waals surface area contributed by atoms with E-state index in [0.29, 0.717) is 12.0 Å². The molecule has 3 aliphatic carbocycles. The van der Waals surface area contributed by atoms with Crippen LogP contribution in [0.5, 0.6) is 0 Å². The van der Waals surface area contributed by atoms with Crippen LogP contribution in [-0.4, -0.2) is 29.8 Å². The van der Waals surface area contributed by atoms with Crippen LogP contribution in [0.3, 0.4) is 0 Å². The number of rotatable bonds is 9. The van der Waals surface area contributed by atoms with Gasteiger partial charge >= 0.3 is 0 Å². The number of hydrogen-bond acceptors (Lipinski definition) is 4. The molecule has 2 unspecified atom stereocenters. The topological polar surface area (TPSA) is 49.3 Å². The average Bonchev–Trinajstić information content (AvgIpc) is 2.95. The van der Waals surface area contributed by atoms with Crippen LogP contribution in [-0.2, 0) is 12.8 Å². The quantitative estimate of drug-likeness (QED) is 0.356. The molecule has 4 aliphatic rings. The number of hydrogen-bond donors (Lipinski definition) is 2. The summed E-state index contributed by atoms with van der Waals surface area (Å²) < 4.78 is 0. The van der Waals surface area contributed by atoms with Crippen LogP contribution in [0.25, 0.3) is 10.9 Å². The minimum absolute atomic E-state index is 0.399. The van der Waals surface area contributed by atoms with E-state index in [9.17, 15) is 0 Å². The SMILES string of the molecule is C1=CC2NC3=C(CCCC3)C(=NCCCCCCCNc3c4c(nc5ccccc35)CCCC4)C2C=C1. The second kappa shape index (κ2) is 11.7. The zero-order valence-corrected chi connectivity index (χ0v) is 22.3. The van der Waals surface area contributed by atoms with Crippen molar-refractivity contribution in [3.8, 4) is 0 Å². The lowest BCUT2D eigenvalue weighted by Crippen LogP contribution is -2.45. The van der Waals surface area contributed by atoms with Crippen molar-refractivity contribution < 1.29 is 0 Å². The average molecular weight is 495 g/mol. The van der Waals surface area contributed by atoms with Gasteiger partial charge in [0, 0.05) is 47.2 Å². The van der Waals surface area contributed by atoms with Gasteiger partial charge in [-0.3, -0.25) is 9.98 Å². The molecule has 0 radical (unpaired) electrons. The van der Waals surface area contributed by atoms with E-state index in [4.69, 9.17) is 9.98 Å². The molecule has 2 heterocycles. The number of allylic oxidation sites excluding steroid dienone is 4. The van der Waals surface area contributed by atoms with Gasteiger partial charge in [-0.05, 0) is 81.4 Å². The van der Waals surface area contributed by atoms with E-state index in [2.05, 4.69) is 59.2 Å². The van der Waals surface area contributed by atoms with Gasteiger partial charge in [0.1, 0.15) is 0 Å². The molecular weight excluding hydrogens is 452 g/mol. The molecule has 1 aliphatic heterocycles. The molecule has 1 aromatic carbocycles. The van der Waals surface area contributed by atoms with Gasteiger partial charge < -0.3 is 10.6 Å². The van der Waals surface area contributed by atoms with E-state index in [1.54, 1.807) is 0 Å². The minimum Gasteiger partial charge on any atom is -0.384 e. The van der Waals surface area contributed by atoms with E-state index in [1.807, 2.05) is 0 Å². The number of para-hydroxylation sites is 1. The van der Waals surface area contributed by atoms with Gasteiger partial charge in [-0.1, -0.05) is 61.8 Å². The van der Waals surface area contributed by atoms with Crippen LogP contribution in [0.4, 0.5) is 5.69 Å². The van der Waals surface area contributed by atoms with Gasteiger partial charge in [-0.2, -0.15) is 0 Å². The van der Waals surface area contributed by atoms with Crippen molar-refractivity contribution in [2.75, 3.05) is 18.4 Å². The minimum atomic E-state index is 0.399. The molecule has 1 aromatic heterocycles. The van der Waals surface area contributed by atoms with Gasteiger partial charge in [0.2, 0.25) is 0 Å². The molecule has 194 valence electrons. The van der Waals surface area contributed by atoms with Gasteiger partial charge in [0.05, 0.1) is 11.6 Å². The summed E-state index contributed by atoms with van der Waals surface area (Å²) in [5.74, 6) is 0.419. The predicted octanol–water partition coefficient (Wildman–Crippen LogP) is 7.46. The fourth-order valence-corrected chi connectivity index (χ4v) is 6.71. The van der Waals surface area contributed by atoms with Crippen LogP contribution in [0.15, 0.2) is 64.8 Å². The molecule has 4 heteroatoms. The molecule has 6 rings (SSSR count). The monoisotopic (exact) mass is 494 g/mol. The molecule has 4 nitrogen and oxygen atoms in total. The predicted molar refractivity (Wildman–Crippen MR) is 156 cm³/mol. The first kappa shape index (κ1) is 24.5. The van der Waals surface area contributed by atoms with Crippen LogP contribution < -0.4 is 10.6 Å². The summed E-state index contributed by atoms with van der Waals surface area (Å²) in [6.07, 6.45) is 25.2. The highest BCUT2D eigenvalue weighted by Crippen LogP contribution is 2.35. The molecule has 37 heavy (non-hydrogen) atoms. The Morgan fingerprint density at radius 1 is 0.865 bits per heavy atom. The molecular formula is C33H42N4. The van der Waals surface area contributed by atoms with Gasteiger partial charge in [0.25, 0.3) is 0 Å². The fourth-order valence-electron chi connectivity index (χ4n) is 6.71. The highest BCUT2D eigenvalue weighted by molar-refractivity contribution is 6.05. The normalized spacial score (nSPS) is 23.5. The van der Waals surface area contributed by atoms with E-state index in [0.717, 1.165) is 25.0 Å². The summed E-state index contributed by atoms with van der Waals surface area (Å²) in [5, 5.41) is 8.93. The Hall–Kier alpha value is -2.88. The zero-order chi connectivity index (χ0) is 24.9. The Bertz CT molecular complexity index is 1230. The molecule has 0 fully saturated rings. The Balaban J connectivity index is 0.978. The van der Waals surface area contributed by atoms with Crippen molar-refractivity contribution in [3.63, 3.8) is 0 Å². The first-order chi connectivity index (χ1) is 18.4. The summed E-state index contributed by atoms with van der Waals surface area (Å²) in [6.45, 7) is 2.02. The second-order valence-electron chi connectivity index (χ2n) is 11.2. The molecule has 2 atom stereocenters. The lowest BCUT2D eigenvalue weighted by Gasteiger charge is -2.38. The lowest BCUT2D eigenvalue weighted by molar-refractivity contribution is 0.525. The van der Waals surface area contributed by atoms with Gasteiger partial charge in [0.15, 0.2) is 0 Å².